The predicted octanol–water partition coefficient (Wildman–Crippen LogP) is 2.90. The van der Waals surface area contributed by atoms with Gasteiger partial charge in [-0.15, -0.1) is 0 Å². The van der Waals surface area contributed by atoms with Crippen molar-refractivity contribution >= 4 is 17.3 Å². The lowest BCUT2D eigenvalue weighted by molar-refractivity contribution is 0.282. The molecule has 0 aliphatic rings. The lowest BCUT2D eigenvalue weighted by atomic mass is 10.1. The summed E-state index contributed by atoms with van der Waals surface area (Å²) in [5, 5.41) is 13.0. The number of benzene rings is 1. The zero-order valence-electron chi connectivity index (χ0n) is 8.55. The van der Waals surface area contributed by atoms with Crippen LogP contribution in [0.5, 0.6) is 0 Å². The molecule has 0 spiro atoms. The predicted molar refractivity (Wildman–Crippen MR) is 60.7 cm³/mol. The molecule has 0 fully saturated rings. The maximum absolute atomic E-state index is 9.09. The number of hydrogen-bond donors (Lipinski definition) is 2. The molecule has 0 aliphatic heterocycles. The van der Waals surface area contributed by atoms with Gasteiger partial charge in [-0.3, -0.25) is 0 Å². The van der Waals surface area contributed by atoms with Gasteiger partial charge in [0.25, 0.3) is 0 Å². The third kappa shape index (κ3) is 3.20. The second-order valence-electron chi connectivity index (χ2n) is 3.73. The van der Waals surface area contributed by atoms with Crippen molar-refractivity contribution in [2.45, 2.75) is 20.5 Å². The molecule has 0 heterocycles. The fourth-order valence-corrected chi connectivity index (χ4v) is 1.34. The highest BCUT2D eigenvalue weighted by atomic mass is 35.5. The summed E-state index contributed by atoms with van der Waals surface area (Å²) in [4.78, 5) is 0. The summed E-state index contributed by atoms with van der Waals surface area (Å²) >= 11 is 5.87. The summed E-state index contributed by atoms with van der Waals surface area (Å²) < 4.78 is 0. The first-order valence-corrected chi connectivity index (χ1v) is 5.14. The average Bonchev–Trinajstić information content (AvgIpc) is 2.15. The van der Waals surface area contributed by atoms with Crippen LogP contribution in [0, 0.1) is 5.92 Å². The molecular formula is C11H16ClNO. The van der Waals surface area contributed by atoms with Crippen LogP contribution in [-0.2, 0) is 6.61 Å². The first-order valence-electron chi connectivity index (χ1n) is 4.76. The molecule has 3 heteroatoms. The summed E-state index contributed by atoms with van der Waals surface area (Å²) in [6.07, 6.45) is 0. The van der Waals surface area contributed by atoms with Crippen LogP contribution in [0.2, 0.25) is 5.02 Å². The third-order valence-corrected chi connectivity index (χ3v) is 2.18. The average molecular weight is 214 g/mol. The highest BCUT2D eigenvalue weighted by molar-refractivity contribution is 6.30. The zero-order chi connectivity index (χ0) is 10.6. The highest BCUT2D eigenvalue weighted by Gasteiger charge is 2.02. The molecule has 0 saturated heterocycles. The van der Waals surface area contributed by atoms with Gasteiger partial charge in [0.15, 0.2) is 0 Å². The largest absolute Gasteiger partial charge is 0.392 e. The van der Waals surface area contributed by atoms with Crippen molar-refractivity contribution < 1.29 is 5.11 Å². The van der Waals surface area contributed by atoms with Gasteiger partial charge in [0.05, 0.1) is 6.61 Å². The Morgan fingerprint density at radius 1 is 1.43 bits per heavy atom. The van der Waals surface area contributed by atoms with Crippen molar-refractivity contribution in [1.82, 2.24) is 0 Å². The summed E-state index contributed by atoms with van der Waals surface area (Å²) in [6, 6.07) is 5.47. The Balaban J connectivity index is 2.77. The third-order valence-electron chi connectivity index (χ3n) is 1.94. The molecule has 0 aliphatic carbocycles. The molecule has 0 aromatic heterocycles. The van der Waals surface area contributed by atoms with Gasteiger partial charge in [-0.05, 0) is 18.1 Å². The van der Waals surface area contributed by atoms with Gasteiger partial charge in [-0.1, -0.05) is 31.5 Å². The molecule has 0 saturated carbocycles. The van der Waals surface area contributed by atoms with Crippen LogP contribution in [0.1, 0.15) is 19.4 Å². The van der Waals surface area contributed by atoms with Crippen molar-refractivity contribution in [2.24, 2.45) is 5.92 Å². The van der Waals surface area contributed by atoms with Gasteiger partial charge in [0.2, 0.25) is 0 Å². The summed E-state index contributed by atoms with van der Waals surface area (Å²) in [5.41, 5.74) is 1.81. The quantitative estimate of drug-likeness (QED) is 0.806. The number of aliphatic hydroxyl groups is 1. The van der Waals surface area contributed by atoms with Crippen molar-refractivity contribution in [3.05, 3.63) is 28.8 Å². The van der Waals surface area contributed by atoms with Crippen LogP contribution < -0.4 is 5.32 Å². The standard InChI is InChI=1S/C11H16ClNO/c1-8(2)6-13-11-5-10(12)4-3-9(11)7-14/h3-5,8,13-14H,6-7H2,1-2H3. The van der Waals surface area contributed by atoms with Crippen LogP contribution in [0.25, 0.3) is 0 Å². The minimum atomic E-state index is 0.0393. The Bertz CT molecular complexity index is 299. The Labute approximate surface area is 89.9 Å². The van der Waals surface area contributed by atoms with E-state index in [0.29, 0.717) is 10.9 Å². The second-order valence-corrected chi connectivity index (χ2v) is 4.17. The SMILES string of the molecule is CC(C)CNc1cc(Cl)ccc1CO. The number of hydrogen-bond acceptors (Lipinski definition) is 2. The van der Waals surface area contributed by atoms with E-state index < -0.39 is 0 Å². The molecular weight excluding hydrogens is 198 g/mol. The molecule has 0 bridgehead atoms. The summed E-state index contributed by atoms with van der Waals surface area (Å²) in [7, 11) is 0. The van der Waals surface area contributed by atoms with Crippen LogP contribution in [0.15, 0.2) is 18.2 Å². The number of rotatable bonds is 4. The van der Waals surface area contributed by atoms with Gasteiger partial charge in [0.1, 0.15) is 0 Å². The van der Waals surface area contributed by atoms with Gasteiger partial charge in [-0.2, -0.15) is 0 Å². The van der Waals surface area contributed by atoms with E-state index >= 15 is 0 Å². The number of anilines is 1. The molecule has 14 heavy (non-hydrogen) atoms. The van der Waals surface area contributed by atoms with Crippen molar-refractivity contribution in [3.8, 4) is 0 Å². The Kier molecular flexibility index (Phi) is 4.23. The second kappa shape index (κ2) is 5.23. The first-order chi connectivity index (χ1) is 6.63. The number of halogens is 1. The van der Waals surface area contributed by atoms with E-state index in [1.54, 1.807) is 6.07 Å². The molecule has 1 aromatic rings. The molecule has 0 unspecified atom stereocenters. The topological polar surface area (TPSA) is 32.3 Å². The monoisotopic (exact) mass is 213 g/mol. The van der Waals surface area contributed by atoms with E-state index in [4.69, 9.17) is 16.7 Å². The Morgan fingerprint density at radius 3 is 2.71 bits per heavy atom. The fraction of sp³-hybridized carbons (Fsp3) is 0.455. The molecule has 1 aromatic carbocycles. The van der Waals surface area contributed by atoms with Crippen molar-refractivity contribution in [2.75, 3.05) is 11.9 Å². The van der Waals surface area contributed by atoms with E-state index in [1.807, 2.05) is 12.1 Å². The van der Waals surface area contributed by atoms with Gasteiger partial charge >= 0.3 is 0 Å². The van der Waals surface area contributed by atoms with Gasteiger partial charge in [-0.25, -0.2) is 0 Å². The molecule has 0 amide bonds. The molecule has 2 N–H and O–H groups in total. The van der Waals surface area contributed by atoms with E-state index in [-0.39, 0.29) is 6.61 Å². The molecule has 78 valence electrons. The van der Waals surface area contributed by atoms with Crippen LogP contribution in [0.3, 0.4) is 0 Å². The van der Waals surface area contributed by atoms with Crippen LogP contribution in [0.4, 0.5) is 5.69 Å². The van der Waals surface area contributed by atoms with E-state index in [2.05, 4.69) is 19.2 Å². The van der Waals surface area contributed by atoms with Crippen LogP contribution >= 0.6 is 11.6 Å². The minimum Gasteiger partial charge on any atom is -0.392 e. The van der Waals surface area contributed by atoms with Crippen molar-refractivity contribution in [3.63, 3.8) is 0 Å². The smallest absolute Gasteiger partial charge is 0.0701 e. The van der Waals surface area contributed by atoms with Crippen molar-refractivity contribution in [1.29, 1.82) is 0 Å². The Hall–Kier alpha value is -0.730. The van der Waals surface area contributed by atoms with Crippen LogP contribution in [-0.4, -0.2) is 11.7 Å². The summed E-state index contributed by atoms with van der Waals surface area (Å²) in [6.45, 7) is 5.19. The number of aliphatic hydroxyl groups excluding tert-OH is 1. The minimum absolute atomic E-state index is 0.0393. The van der Waals surface area contributed by atoms with Gasteiger partial charge < -0.3 is 10.4 Å². The molecule has 2 nitrogen and oxygen atoms in total. The molecule has 0 radical (unpaired) electrons. The van der Waals surface area contributed by atoms with E-state index in [1.165, 1.54) is 0 Å². The van der Waals surface area contributed by atoms with E-state index in [0.717, 1.165) is 17.8 Å². The zero-order valence-corrected chi connectivity index (χ0v) is 9.30. The highest BCUT2D eigenvalue weighted by Crippen LogP contribution is 2.21. The molecule has 1 rings (SSSR count). The lowest BCUT2D eigenvalue weighted by Crippen LogP contribution is -2.09. The summed E-state index contributed by atoms with van der Waals surface area (Å²) in [5.74, 6) is 0.570. The van der Waals surface area contributed by atoms with Gasteiger partial charge in [0, 0.05) is 22.8 Å². The molecule has 0 atom stereocenters. The fourth-order valence-electron chi connectivity index (χ4n) is 1.17. The maximum atomic E-state index is 9.09. The van der Waals surface area contributed by atoms with E-state index in [9.17, 15) is 0 Å². The number of nitrogens with one attached hydrogen (secondary N) is 1. The Morgan fingerprint density at radius 2 is 2.14 bits per heavy atom. The first kappa shape index (κ1) is 11.3. The normalized spacial score (nSPS) is 10.6. The maximum Gasteiger partial charge on any atom is 0.0701 e. The lowest BCUT2D eigenvalue weighted by Gasteiger charge is -2.12.